The Balaban J connectivity index is 2.03. The molecular formula is C13H25N7O. The van der Waals surface area contributed by atoms with Crippen LogP contribution in [0.4, 0.5) is 0 Å². The fourth-order valence-electron chi connectivity index (χ4n) is 2.69. The van der Waals surface area contributed by atoms with Gasteiger partial charge in [0.1, 0.15) is 0 Å². The smallest absolute Gasteiger partial charge is 0.231 e. The number of amides is 1. The first-order valence-electron chi connectivity index (χ1n) is 7.68. The largest absolute Gasteiger partial charge is 0.369 e. The molecule has 1 saturated heterocycles. The van der Waals surface area contributed by atoms with Crippen molar-refractivity contribution in [1.29, 1.82) is 0 Å². The lowest BCUT2D eigenvalue weighted by molar-refractivity contribution is -0.120. The molecule has 1 aromatic rings. The number of nitrogens with two attached hydrogens (primary N) is 1. The molecule has 8 nitrogen and oxygen atoms in total. The van der Waals surface area contributed by atoms with Crippen LogP contribution < -0.4 is 11.1 Å². The van der Waals surface area contributed by atoms with Gasteiger partial charge in [0.2, 0.25) is 5.91 Å². The summed E-state index contributed by atoms with van der Waals surface area (Å²) >= 11 is 0. The molecule has 1 aliphatic rings. The van der Waals surface area contributed by atoms with Crippen molar-refractivity contribution in [2.45, 2.75) is 51.7 Å². The monoisotopic (exact) mass is 295 g/mol. The highest BCUT2D eigenvalue weighted by molar-refractivity contribution is 5.75. The lowest BCUT2D eigenvalue weighted by atomic mass is 10.0. The number of nitrogens with zero attached hydrogens (tertiary/aromatic N) is 5. The third-order valence-corrected chi connectivity index (χ3v) is 3.86. The molecule has 2 rings (SSSR count). The first-order chi connectivity index (χ1) is 10.2. The van der Waals surface area contributed by atoms with E-state index in [0.29, 0.717) is 12.6 Å². The van der Waals surface area contributed by atoms with Gasteiger partial charge in [0.15, 0.2) is 5.82 Å². The van der Waals surface area contributed by atoms with Crippen LogP contribution in [0.1, 0.15) is 38.4 Å². The van der Waals surface area contributed by atoms with E-state index in [9.17, 15) is 4.79 Å². The van der Waals surface area contributed by atoms with E-state index in [1.54, 1.807) is 0 Å². The number of carbonyl (C=O) groups excluding carboxylic acids is 1. The minimum atomic E-state index is -0.305. The number of hydrogen-bond donors (Lipinski definition) is 2. The second-order valence-electron chi connectivity index (χ2n) is 5.52. The summed E-state index contributed by atoms with van der Waals surface area (Å²) in [6.45, 7) is 5.73. The summed E-state index contributed by atoms with van der Waals surface area (Å²) in [5.41, 5.74) is 5.39. The maximum absolute atomic E-state index is 11.3. The quantitative estimate of drug-likeness (QED) is 0.671. The van der Waals surface area contributed by atoms with E-state index in [2.05, 4.69) is 32.7 Å². The van der Waals surface area contributed by atoms with Crippen molar-refractivity contribution < 1.29 is 4.79 Å². The van der Waals surface area contributed by atoms with Gasteiger partial charge in [0, 0.05) is 12.6 Å². The summed E-state index contributed by atoms with van der Waals surface area (Å²) in [5.74, 6) is 0.504. The number of nitrogens with one attached hydrogen (secondary N) is 1. The molecule has 2 heterocycles. The predicted octanol–water partition coefficient (Wildman–Crippen LogP) is -0.487. The molecule has 0 aromatic carbocycles. The molecule has 3 N–H and O–H groups in total. The number of unbranched alkanes of at least 4 members (excludes halogenated alkanes) is 1. The first-order valence-corrected chi connectivity index (χ1v) is 7.68. The maximum Gasteiger partial charge on any atom is 0.231 e. The number of aromatic nitrogens is 4. The lowest BCUT2D eigenvalue weighted by Crippen LogP contribution is -2.46. The highest BCUT2D eigenvalue weighted by atomic mass is 16.1. The zero-order chi connectivity index (χ0) is 15.1. The van der Waals surface area contributed by atoms with Crippen molar-refractivity contribution in [3.05, 3.63) is 5.82 Å². The van der Waals surface area contributed by atoms with Crippen molar-refractivity contribution in [1.82, 2.24) is 30.4 Å². The Morgan fingerprint density at radius 1 is 1.48 bits per heavy atom. The van der Waals surface area contributed by atoms with Crippen molar-refractivity contribution in [3.63, 3.8) is 0 Å². The number of carbonyl (C=O) groups is 1. The third kappa shape index (κ3) is 4.75. The SMILES string of the molecule is CCCCn1nnnc1CN(CC(N)=O)C1CCNCC1. The standard InChI is InChI=1S/C13H25N7O/c1-2-3-8-20-13(16-17-18-20)10-19(9-12(14)21)11-4-6-15-7-5-11/h11,15H,2-10H2,1H3,(H2,14,21). The molecule has 1 aromatic heterocycles. The number of hydrogen-bond acceptors (Lipinski definition) is 6. The van der Waals surface area contributed by atoms with E-state index < -0.39 is 0 Å². The van der Waals surface area contributed by atoms with E-state index in [4.69, 9.17) is 5.73 Å². The van der Waals surface area contributed by atoms with Crippen LogP contribution in [0.5, 0.6) is 0 Å². The molecule has 0 bridgehead atoms. The maximum atomic E-state index is 11.3. The van der Waals surface area contributed by atoms with E-state index in [1.807, 2.05) is 4.68 Å². The van der Waals surface area contributed by atoms with Gasteiger partial charge in [0.05, 0.1) is 13.1 Å². The molecule has 0 unspecified atom stereocenters. The molecule has 0 radical (unpaired) electrons. The van der Waals surface area contributed by atoms with Crippen molar-refractivity contribution in [2.24, 2.45) is 5.73 Å². The molecule has 1 aliphatic heterocycles. The van der Waals surface area contributed by atoms with Gasteiger partial charge in [0.25, 0.3) is 0 Å². The molecule has 8 heteroatoms. The second-order valence-corrected chi connectivity index (χ2v) is 5.52. The van der Waals surface area contributed by atoms with Gasteiger partial charge in [-0.05, 0) is 42.8 Å². The summed E-state index contributed by atoms with van der Waals surface area (Å²) < 4.78 is 1.83. The Kier molecular flexibility index (Phi) is 6.06. The summed E-state index contributed by atoms with van der Waals surface area (Å²) in [4.78, 5) is 13.5. The van der Waals surface area contributed by atoms with E-state index in [0.717, 1.165) is 51.1 Å². The Hall–Kier alpha value is -1.54. The van der Waals surface area contributed by atoms with E-state index >= 15 is 0 Å². The molecule has 1 fully saturated rings. The average molecular weight is 295 g/mol. The Bertz CT molecular complexity index is 441. The number of piperidine rings is 1. The van der Waals surface area contributed by atoms with Gasteiger partial charge >= 0.3 is 0 Å². The summed E-state index contributed by atoms with van der Waals surface area (Å²) in [7, 11) is 0. The van der Waals surface area contributed by atoms with Gasteiger partial charge in [-0.15, -0.1) is 5.10 Å². The van der Waals surface area contributed by atoms with Gasteiger partial charge in [-0.2, -0.15) is 0 Å². The van der Waals surface area contributed by atoms with Crippen LogP contribution in [-0.2, 0) is 17.9 Å². The molecule has 0 saturated carbocycles. The van der Waals surface area contributed by atoms with Gasteiger partial charge in [-0.1, -0.05) is 13.3 Å². The third-order valence-electron chi connectivity index (χ3n) is 3.86. The Morgan fingerprint density at radius 2 is 2.24 bits per heavy atom. The second kappa shape index (κ2) is 8.04. The molecule has 1 amide bonds. The predicted molar refractivity (Wildman–Crippen MR) is 78.2 cm³/mol. The van der Waals surface area contributed by atoms with Crippen LogP contribution in [-0.4, -0.2) is 56.7 Å². The summed E-state index contributed by atoms with van der Waals surface area (Å²) in [6, 6.07) is 0.357. The molecule has 21 heavy (non-hydrogen) atoms. The van der Waals surface area contributed by atoms with E-state index in [-0.39, 0.29) is 12.5 Å². The van der Waals surface area contributed by atoms with E-state index in [1.165, 1.54) is 0 Å². The van der Waals surface area contributed by atoms with Gasteiger partial charge in [-0.25, -0.2) is 4.68 Å². The number of tetrazole rings is 1. The Labute approximate surface area is 125 Å². The molecule has 0 atom stereocenters. The van der Waals surface area contributed by atoms with Crippen LogP contribution in [0, 0.1) is 0 Å². The summed E-state index contributed by atoms with van der Waals surface area (Å²) in [6.07, 6.45) is 4.17. The van der Waals surface area contributed by atoms with Crippen LogP contribution in [0.15, 0.2) is 0 Å². The van der Waals surface area contributed by atoms with Crippen molar-refractivity contribution in [2.75, 3.05) is 19.6 Å². The molecular weight excluding hydrogens is 270 g/mol. The van der Waals surface area contributed by atoms with Crippen LogP contribution in [0.3, 0.4) is 0 Å². The van der Waals surface area contributed by atoms with Gasteiger partial charge < -0.3 is 11.1 Å². The minimum absolute atomic E-state index is 0.255. The van der Waals surface area contributed by atoms with Gasteiger partial charge in [-0.3, -0.25) is 9.69 Å². The average Bonchev–Trinajstić information content (AvgIpc) is 2.92. The normalized spacial score (nSPS) is 16.5. The lowest BCUT2D eigenvalue weighted by Gasteiger charge is -2.33. The van der Waals surface area contributed by atoms with Crippen LogP contribution in [0.25, 0.3) is 0 Å². The van der Waals surface area contributed by atoms with Crippen molar-refractivity contribution in [3.8, 4) is 0 Å². The number of aryl methyl sites for hydroxylation is 1. The summed E-state index contributed by atoms with van der Waals surface area (Å²) in [5, 5.41) is 15.2. The fraction of sp³-hybridized carbons (Fsp3) is 0.846. The molecule has 118 valence electrons. The minimum Gasteiger partial charge on any atom is -0.369 e. The Morgan fingerprint density at radius 3 is 2.90 bits per heavy atom. The van der Waals surface area contributed by atoms with Crippen molar-refractivity contribution >= 4 is 5.91 Å². The van der Waals surface area contributed by atoms with Crippen LogP contribution in [0.2, 0.25) is 0 Å². The number of primary amides is 1. The van der Waals surface area contributed by atoms with Crippen LogP contribution >= 0.6 is 0 Å². The highest BCUT2D eigenvalue weighted by Gasteiger charge is 2.24. The molecule has 0 spiro atoms. The zero-order valence-corrected chi connectivity index (χ0v) is 12.7. The number of rotatable bonds is 8. The topological polar surface area (TPSA) is 102 Å². The molecule has 0 aliphatic carbocycles. The fourth-order valence-corrected chi connectivity index (χ4v) is 2.69. The first kappa shape index (κ1) is 15.8. The highest BCUT2D eigenvalue weighted by Crippen LogP contribution is 2.14. The zero-order valence-electron chi connectivity index (χ0n) is 12.7.